The van der Waals surface area contributed by atoms with Gasteiger partial charge in [0, 0.05) is 11.3 Å². The zero-order valence-corrected chi connectivity index (χ0v) is 18.8. The second-order valence-electron chi connectivity index (χ2n) is 6.31. The van der Waals surface area contributed by atoms with E-state index < -0.39 is 0 Å². The average Bonchev–Trinajstić information content (AvgIpc) is 3.35. The van der Waals surface area contributed by atoms with Gasteiger partial charge in [0.1, 0.15) is 11.5 Å². The molecule has 2 aromatic carbocycles. The third-order valence-electron chi connectivity index (χ3n) is 4.20. The smallest absolute Gasteiger partial charge is 0.261 e. The standard InChI is InChI=1S/C21H15Cl2N3O2S2/c1-12-15(10-18(28-12)14-7-8-16(22)17(23)9-14)19(27)24-20-25-26-21(30-20)29-11-13-5-3-2-4-6-13/h2-10H,11H2,1H3,(H,24,25,27). The SMILES string of the molecule is Cc1oc(-c2ccc(Cl)c(Cl)c2)cc1C(=O)Nc1nnc(SCc2ccccc2)s1. The first-order valence-electron chi connectivity index (χ1n) is 8.87. The summed E-state index contributed by atoms with van der Waals surface area (Å²) in [6.07, 6.45) is 0. The van der Waals surface area contributed by atoms with Crippen LogP contribution >= 0.6 is 46.3 Å². The van der Waals surface area contributed by atoms with Gasteiger partial charge in [-0.25, -0.2) is 0 Å². The van der Waals surface area contributed by atoms with Crippen molar-refractivity contribution in [3.05, 3.63) is 81.5 Å². The van der Waals surface area contributed by atoms with Crippen molar-refractivity contribution < 1.29 is 9.21 Å². The number of furan rings is 1. The molecule has 0 unspecified atom stereocenters. The molecule has 0 atom stereocenters. The van der Waals surface area contributed by atoms with Gasteiger partial charge in [-0.1, -0.05) is 76.6 Å². The molecule has 2 heterocycles. The molecule has 0 aliphatic carbocycles. The summed E-state index contributed by atoms with van der Waals surface area (Å²) < 4.78 is 6.53. The van der Waals surface area contributed by atoms with E-state index in [0.29, 0.717) is 32.3 Å². The number of anilines is 1. The van der Waals surface area contributed by atoms with Crippen LogP contribution in [-0.4, -0.2) is 16.1 Å². The fourth-order valence-electron chi connectivity index (χ4n) is 2.70. The summed E-state index contributed by atoms with van der Waals surface area (Å²) in [5.41, 5.74) is 2.36. The van der Waals surface area contributed by atoms with Crippen molar-refractivity contribution in [2.75, 3.05) is 5.32 Å². The van der Waals surface area contributed by atoms with E-state index in [1.165, 1.54) is 16.9 Å². The molecule has 1 N–H and O–H groups in total. The number of amides is 1. The molecular formula is C21H15Cl2N3O2S2. The number of aryl methyl sites for hydroxylation is 1. The van der Waals surface area contributed by atoms with Crippen LogP contribution in [0.3, 0.4) is 0 Å². The maximum atomic E-state index is 12.7. The number of carbonyl (C=O) groups excluding carboxylic acids is 1. The lowest BCUT2D eigenvalue weighted by molar-refractivity contribution is 0.102. The molecule has 30 heavy (non-hydrogen) atoms. The van der Waals surface area contributed by atoms with Crippen molar-refractivity contribution >= 4 is 57.3 Å². The lowest BCUT2D eigenvalue weighted by Gasteiger charge is -1.99. The average molecular weight is 476 g/mol. The van der Waals surface area contributed by atoms with Gasteiger partial charge in [-0.05, 0) is 36.8 Å². The van der Waals surface area contributed by atoms with E-state index >= 15 is 0 Å². The number of rotatable bonds is 6. The van der Waals surface area contributed by atoms with Gasteiger partial charge in [0.05, 0.1) is 15.6 Å². The summed E-state index contributed by atoms with van der Waals surface area (Å²) in [6.45, 7) is 1.73. The van der Waals surface area contributed by atoms with Gasteiger partial charge in [0.25, 0.3) is 5.91 Å². The number of hydrogen-bond acceptors (Lipinski definition) is 6. The van der Waals surface area contributed by atoms with Gasteiger partial charge in [0.2, 0.25) is 5.13 Å². The van der Waals surface area contributed by atoms with Crippen LogP contribution in [0.1, 0.15) is 21.7 Å². The molecular weight excluding hydrogens is 461 g/mol. The topological polar surface area (TPSA) is 68.0 Å². The maximum Gasteiger partial charge on any atom is 0.261 e. The minimum Gasteiger partial charge on any atom is -0.461 e. The Morgan fingerprint density at radius 1 is 1.10 bits per heavy atom. The molecule has 0 radical (unpaired) electrons. The maximum absolute atomic E-state index is 12.7. The number of thioether (sulfide) groups is 1. The number of hydrogen-bond donors (Lipinski definition) is 1. The van der Waals surface area contributed by atoms with Gasteiger partial charge < -0.3 is 4.42 Å². The second kappa shape index (κ2) is 9.22. The van der Waals surface area contributed by atoms with Crippen LogP contribution in [0.15, 0.2) is 63.4 Å². The number of nitrogens with zero attached hydrogens (tertiary/aromatic N) is 2. The summed E-state index contributed by atoms with van der Waals surface area (Å²) in [4.78, 5) is 12.7. The summed E-state index contributed by atoms with van der Waals surface area (Å²) >= 11 is 15.0. The number of nitrogens with one attached hydrogen (secondary N) is 1. The van der Waals surface area contributed by atoms with E-state index in [0.717, 1.165) is 15.7 Å². The van der Waals surface area contributed by atoms with Crippen LogP contribution in [0.2, 0.25) is 10.0 Å². The first kappa shape index (κ1) is 20.9. The summed E-state index contributed by atoms with van der Waals surface area (Å²) in [7, 11) is 0. The highest BCUT2D eigenvalue weighted by Gasteiger charge is 2.18. The molecule has 1 amide bonds. The van der Waals surface area contributed by atoms with Crippen molar-refractivity contribution in [1.29, 1.82) is 0 Å². The largest absolute Gasteiger partial charge is 0.461 e. The Labute approximate surface area is 191 Å². The summed E-state index contributed by atoms with van der Waals surface area (Å²) in [6, 6.07) is 17.0. The molecule has 9 heteroatoms. The molecule has 5 nitrogen and oxygen atoms in total. The third-order valence-corrected chi connectivity index (χ3v) is 6.98. The summed E-state index contributed by atoms with van der Waals surface area (Å²) in [5.74, 6) is 1.51. The monoisotopic (exact) mass is 475 g/mol. The number of halogens is 2. The van der Waals surface area contributed by atoms with Crippen LogP contribution in [-0.2, 0) is 5.75 Å². The number of carbonyl (C=O) groups is 1. The van der Waals surface area contributed by atoms with E-state index in [1.54, 1.807) is 43.0 Å². The second-order valence-corrected chi connectivity index (χ2v) is 9.33. The van der Waals surface area contributed by atoms with E-state index in [-0.39, 0.29) is 5.91 Å². The molecule has 0 fully saturated rings. The van der Waals surface area contributed by atoms with Crippen molar-refractivity contribution in [3.8, 4) is 11.3 Å². The molecule has 152 valence electrons. The Morgan fingerprint density at radius 3 is 2.67 bits per heavy atom. The molecule has 0 spiro atoms. The van der Waals surface area contributed by atoms with E-state index in [4.69, 9.17) is 27.6 Å². The van der Waals surface area contributed by atoms with Gasteiger partial charge in [-0.3, -0.25) is 10.1 Å². The van der Waals surface area contributed by atoms with Crippen LogP contribution in [0.25, 0.3) is 11.3 Å². The van der Waals surface area contributed by atoms with Crippen molar-refractivity contribution in [1.82, 2.24) is 10.2 Å². The number of aromatic nitrogens is 2. The number of benzene rings is 2. The highest BCUT2D eigenvalue weighted by atomic mass is 35.5. The summed E-state index contributed by atoms with van der Waals surface area (Å²) in [5, 5.41) is 12.3. The molecule has 0 aliphatic heterocycles. The Morgan fingerprint density at radius 2 is 1.90 bits per heavy atom. The van der Waals surface area contributed by atoms with Crippen LogP contribution in [0.5, 0.6) is 0 Å². The molecule has 0 saturated carbocycles. The Hall–Kier alpha value is -2.32. The highest BCUT2D eigenvalue weighted by Crippen LogP contribution is 2.32. The zero-order chi connectivity index (χ0) is 21.1. The molecule has 2 aromatic heterocycles. The third kappa shape index (κ3) is 4.87. The van der Waals surface area contributed by atoms with Crippen molar-refractivity contribution in [2.45, 2.75) is 17.0 Å². The van der Waals surface area contributed by atoms with Gasteiger partial charge >= 0.3 is 0 Å². The minimum atomic E-state index is -0.307. The predicted octanol–water partition coefficient (Wildman–Crippen LogP) is 6.96. The normalized spacial score (nSPS) is 10.9. The Kier molecular flexibility index (Phi) is 6.43. The van der Waals surface area contributed by atoms with E-state index in [1.807, 2.05) is 18.2 Å². The molecule has 4 aromatic rings. The first-order valence-corrected chi connectivity index (χ1v) is 11.4. The van der Waals surface area contributed by atoms with Gasteiger partial charge in [-0.15, -0.1) is 10.2 Å². The minimum absolute atomic E-state index is 0.307. The fourth-order valence-corrected chi connectivity index (χ4v) is 4.70. The van der Waals surface area contributed by atoms with E-state index in [2.05, 4.69) is 27.6 Å². The molecule has 0 aliphatic rings. The van der Waals surface area contributed by atoms with Gasteiger partial charge in [0.15, 0.2) is 4.34 Å². The zero-order valence-electron chi connectivity index (χ0n) is 15.7. The van der Waals surface area contributed by atoms with Crippen LogP contribution in [0.4, 0.5) is 5.13 Å². The van der Waals surface area contributed by atoms with Gasteiger partial charge in [-0.2, -0.15) is 0 Å². The predicted molar refractivity (Wildman–Crippen MR) is 123 cm³/mol. The Balaban J connectivity index is 1.43. The quantitative estimate of drug-likeness (QED) is 0.241. The lowest BCUT2D eigenvalue weighted by atomic mass is 10.1. The van der Waals surface area contributed by atoms with Crippen LogP contribution in [0, 0.1) is 6.92 Å². The lowest BCUT2D eigenvalue weighted by Crippen LogP contribution is -2.11. The van der Waals surface area contributed by atoms with Crippen molar-refractivity contribution in [2.24, 2.45) is 0 Å². The van der Waals surface area contributed by atoms with E-state index in [9.17, 15) is 4.79 Å². The highest BCUT2D eigenvalue weighted by molar-refractivity contribution is 8.00. The first-order chi connectivity index (χ1) is 14.5. The fraction of sp³-hybridized carbons (Fsp3) is 0.0952. The van der Waals surface area contributed by atoms with Crippen LogP contribution < -0.4 is 5.32 Å². The molecule has 0 bridgehead atoms. The van der Waals surface area contributed by atoms with Crippen molar-refractivity contribution in [3.63, 3.8) is 0 Å². The molecule has 0 saturated heterocycles. The molecule has 4 rings (SSSR count). The Bertz CT molecular complexity index is 1190.